The second-order valence-corrected chi connectivity index (χ2v) is 20.1. The quantitative estimate of drug-likeness (QED) is 0.460. The summed E-state index contributed by atoms with van der Waals surface area (Å²) in [7, 11) is 0. The van der Waals surface area contributed by atoms with Gasteiger partial charge in [-0.05, 0) is 0 Å². The Balaban J connectivity index is 1.78. The first-order chi connectivity index (χ1) is 16.1. The number of allylic oxidation sites excluding steroid dienone is 4. The monoisotopic (exact) mass is 492 g/mol. The summed E-state index contributed by atoms with van der Waals surface area (Å²) in [6.45, 7) is 8.28. The molecule has 1 atom stereocenters. The zero-order chi connectivity index (χ0) is 23.2. The van der Waals surface area contributed by atoms with Crippen molar-refractivity contribution >= 4 is 17.0 Å². The van der Waals surface area contributed by atoms with Crippen LogP contribution in [0, 0.1) is 5.92 Å². The molecule has 1 N–H and O–H groups in total. The first kappa shape index (κ1) is 24.9. The van der Waals surface area contributed by atoms with E-state index in [0.717, 1.165) is 0 Å². The molecule has 0 aliphatic heterocycles. The molecule has 2 aliphatic carbocycles. The van der Waals surface area contributed by atoms with Crippen molar-refractivity contribution in [1.82, 2.24) is 3.80 Å². The Hall–Kier alpha value is -1.19. The molecule has 1 saturated carbocycles. The number of hydrogen-bond acceptors (Lipinski definition) is 1. The molecule has 33 heavy (non-hydrogen) atoms. The van der Waals surface area contributed by atoms with Gasteiger partial charge >= 0.3 is 210 Å². The van der Waals surface area contributed by atoms with Crippen LogP contribution in [0.1, 0.15) is 79.1 Å². The van der Waals surface area contributed by atoms with E-state index in [2.05, 4.69) is 92.2 Å². The fourth-order valence-corrected chi connectivity index (χ4v) is 22.1. The molecule has 0 amide bonds. The summed E-state index contributed by atoms with van der Waals surface area (Å²) in [6.07, 6.45) is 11.2. The van der Waals surface area contributed by atoms with Crippen molar-refractivity contribution < 1.29 is 17.4 Å². The van der Waals surface area contributed by atoms with Gasteiger partial charge in [-0.2, -0.15) is 0 Å². The molecule has 1 fully saturated rings. The molecule has 3 heteroatoms. The van der Waals surface area contributed by atoms with E-state index in [9.17, 15) is 0 Å². The van der Waals surface area contributed by atoms with Crippen LogP contribution in [-0.2, 0) is 17.4 Å². The number of rotatable bonds is 6. The molecule has 1 nitrogen and oxygen atoms in total. The summed E-state index contributed by atoms with van der Waals surface area (Å²) in [6, 6.07) is 23.9. The molecule has 4 rings (SSSR count). The van der Waals surface area contributed by atoms with Gasteiger partial charge < -0.3 is 0 Å². The van der Waals surface area contributed by atoms with Gasteiger partial charge in [0.2, 0.25) is 0 Å². The fraction of sp³-hybridized carbons (Fsp3) is 0.467. The van der Waals surface area contributed by atoms with Crippen LogP contribution in [0.15, 0.2) is 81.3 Å². The van der Waals surface area contributed by atoms with Crippen molar-refractivity contribution in [2.75, 3.05) is 0 Å². The molecular formula is C30H42NSiTi. The summed E-state index contributed by atoms with van der Waals surface area (Å²) >= 11 is -1.82. The first-order valence-corrected chi connectivity index (χ1v) is 19.2. The molecule has 2 aliphatic rings. The van der Waals surface area contributed by atoms with Crippen LogP contribution in [0.3, 0.4) is 0 Å². The van der Waals surface area contributed by atoms with Gasteiger partial charge in [0.25, 0.3) is 0 Å². The van der Waals surface area contributed by atoms with E-state index in [0.29, 0.717) is 12.0 Å². The van der Waals surface area contributed by atoms with Gasteiger partial charge in [-0.25, -0.2) is 0 Å². The molecule has 0 heterocycles. The molecule has 1 unspecified atom stereocenters. The average Bonchev–Trinajstić information content (AvgIpc) is 3.12. The Bertz CT molecular complexity index is 916. The van der Waals surface area contributed by atoms with Crippen molar-refractivity contribution in [3.63, 3.8) is 0 Å². The van der Waals surface area contributed by atoms with Crippen LogP contribution in [0.2, 0.25) is 0 Å². The normalized spacial score (nSPS) is 20.7. The maximum absolute atomic E-state index is 4.54. The van der Waals surface area contributed by atoms with Gasteiger partial charge in [-0.15, -0.1) is 0 Å². The average molecular weight is 493 g/mol. The Morgan fingerprint density at radius 1 is 0.697 bits per heavy atom. The molecule has 0 saturated heterocycles. The Morgan fingerprint density at radius 2 is 1.18 bits per heavy atom. The summed E-state index contributed by atoms with van der Waals surface area (Å²) in [4.78, 5) is 0. The van der Waals surface area contributed by atoms with Crippen molar-refractivity contribution in [3.8, 4) is 0 Å². The van der Waals surface area contributed by atoms with Crippen LogP contribution >= 0.6 is 0 Å². The van der Waals surface area contributed by atoms with E-state index in [-0.39, 0.29) is 0 Å². The topological polar surface area (TPSA) is 12.0 Å². The molecule has 0 bridgehead atoms. The Labute approximate surface area is 209 Å². The van der Waals surface area contributed by atoms with E-state index in [1.807, 2.05) is 3.88 Å². The molecule has 0 spiro atoms. The third-order valence-corrected chi connectivity index (χ3v) is 22.0. The second-order valence-electron chi connectivity index (χ2n) is 10.3. The fourth-order valence-electron chi connectivity index (χ4n) is 5.93. The van der Waals surface area contributed by atoms with E-state index < -0.39 is 24.0 Å². The number of hydrogen-bond donors (Lipinski definition) is 1. The predicted molar refractivity (Wildman–Crippen MR) is 143 cm³/mol. The summed E-state index contributed by atoms with van der Waals surface area (Å²) in [5.41, 5.74) is 4.79. The van der Waals surface area contributed by atoms with Gasteiger partial charge in [0, 0.05) is 0 Å². The SMILES string of the molecule is CC1=C(C)C(C)[C]([Ti]([NH]C2CCCCCCCC2)[SiH](c2ccccc2)c2ccccc2)=C1C. The Kier molecular flexibility index (Phi) is 9.05. The summed E-state index contributed by atoms with van der Waals surface area (Å²) in [5, 5.41) is 3.26. The van der Waals surface area contributed by atoms with Gasteiger partial charge in [-0.3, -0.25) is 0 Å². The number of benzene rings is 2. The molecular weight excluding hydrogens is 450 g/mol. The van der Waals surface area contributed by atoms with E-state index in [1.165, 1.54) is 51.4 Å². The molecule has 2 aromatic carbocycles. The van der Waals surface area contributed by atoms with Gasteiger partial charge in [0.1, 0.15) is 0 Å². The molecule has 175 valence electrons. The van der Waals surface area contributed by atoms with Gasteiger partial charge in [-0.1, -0.05) is 0 Å². The third-order valence-electron chi connectivity index (χ3n) is 8.20. The minimum atomic E-state index is -1.82. The molecule has 0 aromatic heterocycles. The zero-order valence-corrected chi connectivity index (χ0v) is 23.9. The van der Waals surface area contributed by atoms with E-state index in [1.54, 1.807) is 27.1 Å². The summed E-state index contributed by atoms with van der Waals surface area (Å²) < 4.78 is 6.38. The van der Waals surface area contributed by atoms with Crippen LogP contribution in [-0.4, -0.2) is 12.7 Å². The minimum absolute atomic E-state index is 0.603. The van der Waals surface area contributed by atoms with Crippen LogP contribution in [0.25, 0.3) is 0 Å². The number of nitrogens with one attached hydrogen (secondary N) is 1. The predicted octanol–water partition coefficient (Wildman–Crippen LogP) is 6.41. The maximum atomic E-state index is 4.54. The van der Waals surface area contributed by atoms with Crippen molar-refractivity contribution in [3.05, 3.63) is 81.3 Å². The van der Waals surface area contributed by atoms with Crippen LogP contribution in [0.4, 0.5) is 0 Å². The summed E-state index contributed by atoms with van der Waals surface area (Å²) in [5.74, 6) is 0.603. The van der Waals surface area contributed by atoms with E-state index >= 15 is 0 Å². The van der Waals surface area contributed by atoms with Crippen molar-refractivity contribution in [2.45, 2.75) is 85.1 Å². The second kappa shape index (κ2) is 12.0. The van der Waals surface area contributed by atoms with Crippen molar-refractivity contribution in [1.29, 1.82) is 0 Å². The Morgan fingerprint density at radius 3 is 1.64 bits per heavy atom. The molecule has 2 aromatic rings. The molecule has 0 radical (unpaired) electrons. The van der Waals surface area contributed by atoms with Crippen LogP contribution < -0.4 is 14.2 Å². The van der Waals surface area contributed by atoms with E-state index in [4.69, 9.17) is 0 Å². The van der Waals surface area contributed by atoms with Gasteiger partial charge in [0.15, 0.2) is 0 Å². The van der Waals surface area contributed by atoms with Crippen LogP contribution in [0.5, 0.6) is 0 Å². The third kappa shape index (κ3) is 5.91. The first-order valence-electron chi connectivity index (χ1n) is 13.2. The zero-order valence-electron chi connectivity index (χ0n) is 21.2. The van der Waals surface area contributed by atoms with Gasteiger partial charge in [0.05, 0.1) is 0 Å². The standard InChI is InChI=1S/C12H11Si.C9H18N.C9H13.Ti/c1-3-7-11(8-4-1)13-12-9-5-2-6-10-12;10-9-7-5-3-1-2-4-6-8-9;1-6-5-7(2)9(4)8(6)3;/h1-10,13H;9-10H,1-8H2;6H,1-4H3;/q;-1;;+1. The van der Waals surface area contributed by atoms with Crippen molar-refractivity contribution in [2.24, 2.45) is 5.92 Å².